The van der Waals surface area contributed by atoms with Crippen LogP contribution in [0.4, 0.5) is 0 Å². The van der Waals surface area contributed by atoms with Crippen molar-refractivity contribution in [3.63, 3.8) is 0 Å². The summed E-state index contributed by atoms with van der Waals surface area (Å²) in [5.41, 5.74) is 0. The molecule has 6 heteroatoms. The molecule has 2 atom stereocenters. The molecule has 0 saturated heterocycles. The standard InChI is InChI=1S/C80H155NO5/c1-3-5-7-9-11-13-15-17-19-21-22-37-41-44-48-52-56-60-64-68-72-78(83)77(76-82)81-79(84)73-69-65-61-57-53-49-45-42-38-35-33-31-29-27-25-23-24-26-28-30-32-34-36-39-43-47-51-55-59-63-67-71-75-86-80(85)74-70-66-62-58-54-50-46-40-20-18-16-14-12-10-8-6-4-2/h12,14,18,20,77-78,82-83H,3-11,13,15-17,19,21-76H2,1-2H3,(H,81,84)/b14-12-,20-18-. The predicted molar refractivity (Wildman–Crippen MR) is 380 cm³/mol. The van der Waals surface area contributed by atoms with E-state index in [1.165, 1.54) is 366 Å². The number of rotatable bonds is 75. The molecule has 6 nitrogen and oxygen atoms in total. The number of aliphatic hydroxyl groups excluding tert-OH is 2. The number of esters is 1. The highest BCUT2D eigenvalue weighted by molar-refractivity contribution is 5.76. The lowest BCUT2D eigenvalue weighted by Crippen LogP contribution is -2.45. The summed E-state index contributed by atoms with van der Waals surface area (Å²) >= 11 is 0. The molecule has 0 aliphatic carbocycles. The number of carbonyl (C=O) groups excluding carboxylic acids is 2. The lowest BCUT2D eigenvalue weighted by atomic mass is 10.0. The number of amides is 1. The van der Waals surface area contributed by atoms with E-state index in [0.29, 0.717) is 25.9 Å². The zero-order chi connectivity index (χ0) is 62.0. The maximum absolute atomic E-state index is 12.6. The van der Waals surface area contributed by atoms with Gasteiger partial charge in [-0.1, -0.05) is 404 Å². The molecule has 3 N–H and O–H groups in total. The van der Waals surface area contributed by atoms with Gasteiger partial charge in [0.25, 0.3) is 0 Å². The van der Waals surface area contributed by atoms with E-state index in [1.807, 2.05) is 0 Å². The summed E-state index contributed by atoms with van der Waals surface area (Å²) in [6.07, 6.45) is 97.0. The first-order valence-electron chi connectivity index (χ1n) is 39.6. The number of hydrogen-bond donors (Lipinski definition) is 3. The van der Waals surface area contributed by atoms with Crippen LogP contribution in [0, 0.1) is 0 Å². The number of ether oxygens (including phenoxy) is 1. The van der Waals surface area contributed by atoms with Crippen molar-refractivity contribution in [2.45, 2.75) is 463 Å². The van der Waals surface area contributed by atoms with Crippen LogP contribution >= 0.6 is 0 Å². The molecular formula is C80H155NO5. The lowest BCUT2D eigenvalue weighted by Gasteiger charge is -2.22. The molecule has 0 saturated carbocycles. The van der Waals surface area contributed by atoms with Crippen molar-refractivity contribution in [2.24, 2.45) is 0 Å². The minimum Gasteiger partial charge on any atom is -0.466 e. The van der Waals surface area contributed by atoms with Crippen LogP contribution < -0.4 is 5.32 Å². The van der Waals surface area contributed by atoms with Gasteiger partial charge in [-0.05, 0) is 57.8 Å². The molecule has 0 aromatic rings. The number of unbranched alkanes of at least 4 members (excludes halogenated alkanes) is 60. The van der Waals surface area contributed by atoms with Gasteiger partial charge in [-0.25, -0.2) is 0 Å². The molecule has 0 aromatic carbocycles. The van der Waals surface area contributed by atoms with E-state index < -0.39 is 12.1 Å². The Labute approximate surface area is 539 Å². The fourth-order valence-electron chi connectivity index (χ4n) is 12.7. The highest BCUT2D eigenvalue weighted by atomic mass is 16.5. The highest BCUT2D eigenvalue weighted by Crippen LogP contribution is 2.20. The van der Waals surface area contributed by atoms with Crippen molar-refractivity contribution in [1.82, 2.24) is 5.32 Å². The molecule has 0 rings (SSSR count). The van der Waals surface area contributed by atoms with Gasteiger partial charge in [0, 0.05) is 12.8 Å². The Morgan fingerprint density at radius 3 is 0.907 bits per heavy atom. The van der Waals surface area contributed by atoms with Crippen LogP contribution in [0.5, 0.6) is 0 Å². The molecule has 0 aliphatic heterocycles. The fourth-order valence-corrected chi connectivity index (χ4v) is 12.7. The molecule has 0 aromatic heterocycles. The summed E-state index contributed by atoms with van der Waals surface area (Å²) in [6.45, 7) is 4.98. The smallest absolute Gasteiger partial charge is 0.305 e. The third kappa shape index (κ3) is 71.4. The van der Waals surface area contributed by atoms with E-state index >= 15 is 0 Å². The molecule has 0 fully saturated rings. The van der Waals surface area contributed by atoms with Gasteiger partial charge in [0.2, 0.25) is 5.91 Å². The van der Waals surface area contributed by atoms with Crippen LogP contribution in [0.1, 0.15) is 450 Å². The number of carbonyl (C=O) groups is 2. The van der Waals surface area contributed by atoms with Gasteiger partial charge < -0.3 is 20.3 Å². The zero-order valence-corrected chi connectivity index (χ0v) is 58.6. The Morgan fingerprint density at radius 1 is 0.326 bits per heavy atom. The number of nitrogens with one attached hydrogen (secondary N) is 1. The van der Waals surface area contributed by atoms with Gasteiger partial charge in [-0.2, -0.15) is 0 Å². The molecule has 510 valence electrons. The first-order chi connectivity index (χ1) is 42.5. The Kier molecular flexibility index (Phi) is 74.3. The Balaban J connectivity index is 3.32. The van der Waals surface area contributed by atoms with E-state index in [4.69, 9.17) is 4.74 Å². The topological polar surface area (TPSA) is 95.9 Å². The van der Waals surface area contributed by atoms with Gasteiger partial charge in [0.15, 0.2) is 0 Å². The largest absolute Gasteiger partial charge is 0.466 e. The van der Waals surface area contributed by atoms with E-state index in [1.54, 1.807) is 0 Å². The van der Waals surface area contributed by atoms with Crippen molar-refractivity contribution in [2.75, 3.05) is 13.2 Å². The van der Waals surface area contributed by atoms with Gasteiger partial charge in [0.1, 0.15) is 0 Å². The first-order valence-corrected chi connectivity index (χ1v) is 39.6. The molecule has 0 radical (unpaired) electrons. The van der Waals surface area contributed by atoms with Gasteiger partial charge in [0.05, 0.1) is 25.4 Å². The van der Waals surface area contributed by atoms with Gasteiger partial charge >= 0.3 is 5.97 Å². The Morgan fingerprint density at radius 2 is 0.581 bits per heavy atom. The van der Waals surface area contributed by atoms with E-state index in [-0.39, 0.29) is 18.5 Å². The van der Waals surface area contributed by atoms with Crippen LogP contribution in [0.2, 0.25) is 0 Å². The minimum absolute atomic E-state index is 0.0144. The van der Waals surface area contributed by atoms with Crippen LogP contribution in [-0.2, 0) is 14.3 Å². The molecular weight excluding hydrogens is 1050 g/mol. The summed E-state index contributed by atoms with van der Waals surface area (Å²) in [4.78, 5) is 24.7. The van der Waals surface area contributed by atoms with Crippen molar-refractivity contribution >= 4 is 11.9 Å². The van der Waals surface area contributed by atoms with Crippen molar-refractivity contribution in [3.8, 4) is 0 Å². The maximum atomic E-state index is 12.6. The molecule has 86 heavy (non-hydrogen) atoms. The van der Waals surface area contributed by atoms with E-state index in [2.05, 4.69) is 43.5 Å². The second-order valence-corrected chi connectivity index (χ2v) is 27.4. The Hall–Kier alpha value is -1.66. The van der Waals surface area contributed by atoms with Crippen molar-refractivity contribution in [1.29, 1.82) is 0 Å². The third-order valence-electron chi connectivity index (χ3n) is 18.8. The molecule has 0 heterocycles. The average Bonchev–Trinajstić information content (AvgIpc) is 3.54. The SMILES string of the molecule is CCCCC/C=C\C/C=C\CCCCCCCCCC(=O)OCCCCCCCCCCCCCCCCCCCCCCCCCCCCCCCCCCC(=O)NC(CO)C(O)CCCCCCCCCCCCCCCCCCCCCC. The minimum atomic E-state index is -0.662. The molecule has 0 bridgehead atoms. The second kappa shape index (κ2) is 75.8. The summed E-state index contributed by atoms with van der Waals surface area (Å²) < 4.78 is 5.51. The number of aliphatic hydroxyl groups is 2. The molecule has 0 aliphatic rings. The average molecular weight is 1210 g/mol. The molecule has 0 spiro atoms. The number of hydrogen-bond acceptors (Lipinski definition) is 5. The highest BCUT2D eigenvalue weighted by Gasteiger charge is 2.20. The third-order valence-corrected chi connectivity index (χ3v) is 18.8. The zero-order valence-electron chi connectivity index (χ0n) is 58.6. The predicted octanol–water partition coefficient (Wildman–Crippen LogP) is 26.0. The summed E-state index contributed by atoms with van der Waals surface area (Å²) in [5, 5.41) is 23.4. The quantitative estimate of drug-likeness (QED) is 0.0320. The van der Waals surface area contributed by atoms with Gasteiger partial charge in [-0.3, -0.25) is 9.59 Å². The molecule has 1 amide bonds. The monoisotopic (exact) mass is 1210 g/mol. The summed E-state index contributed by atoms with van der Waals surface area (Å²) in [7, 11) is 0. The van der Waals surface area contributed by atoms with Gasteiger partial charge in [-0.15, -0.1) is 0 Å². The first kappa shape index (κ1) is 84.3. The van der Waals surface area contributed by atoms with E-state index in [9.17, 15) is 19.8 Å². The van der Waals surface area contributed by atoms with E-state index in [0.717, 1.165) is 51.4 Å². The van der Waals surface area contributed by atoms with Crippen LogP contribution in [0.15, 0.2) is 24.3 Å². The summed E-state index contributed by atoms with van der Waals surface area (Å²) in [6, 6.07) is -0.539. The van der Waals surface area contributed by atoms with Crippen LogP contribution in [0.25, 0.3) is 0 Å². The van der Waals surface area contributed by atoms with Crippen LogP contribution in [-0.4, -0.2) is 47.4 Å². The Bertz CT molecular complexity index is 1350. The fraction of sp³-hybridized carbons (Fsp3) is 0.925. The normalized spacial score (nSPS) is 12.6. The molecule has 2 unspecified atom stereocenters. The lowest BCUT2D eigenvalue weighted by molar-refractivity contribution is -0.143. The van der Waals surface area contributed by atoms with Crippen molar-refractivity contribution < 1.29 is 24.5 Å². The summed E-state index contributed by atoms with van der Waals surface area (Å²) in [5.74, 6) is -0.0109. The maximum Gasteiger partial charge on any atom is 0.305 e. The van der Waals surface area contributed by atoms with Crippen LogP contribution in [0.3, 0.4) is 0 Å². The van der Waals surface area contributed by atoms with Crippen molar-refractivity contribution in [3.05, 3.63) is 24.3 Å². The second-order valence-electron chi connectivity index (χ2n) is 27.4. The number of allylic oxidation sites excluding steroid dienone is 4.